The first kappa shape index (κ1) is 17.4. The number of aromatic nitrogens is 2. The summed E-state index contributed by atoms with van der Waals surface area (Å²) in [6, 6.07) is 8.46. The number of nitrogens with zero attached hydrogens (tertiary/aromatic N) is 3. The fourth-order valence-electron chi connectivity index (χ4n) is 1.93. The molecule has 2 rings (SSSR count). The Hall–Kier alpha value is -1.64. The van der Waals surface area contributed by atoms with Crippen LogP contribution in [0.2, 0.25) is 0 Å². The summed E-state index contributed by atoms with van der Waals surface area (Å²) in [5, 5.41) is 9.98. The van der Waals surface area contributed by atoms with Crippen molar-refractivity contribution < 1.29 is 4.39 Å². The molecule has 7 heteroatoms. The van der Waals surface area contributed by atoms with Gasteiger partial charge in [-0.25, -0.2) is 4.39 Å². The lowest BCUT2D eigenvalue weighted by atomic mass is 10.2. The maximum Gasteiger partial charge on any atom is 0.194 e. The molecule has 0 saturated heterocycles. The van der Waals surface area contributed by atoms with Crippen LogP contribution in [0.3, 0.4) is 0 Å². The van der Waals surface area contributed by atoms with Gasteiger partial charge >= 0.3 is 0 Å². The van der Waals surface area contributed by atoms with E-state index in [2.05, 4.69) is 20.5 Å². The molecule has 0 aliphatic rings. The highest BCUT2D eigenvalue weighted by atomic mass is 127. The van der Waals surface area contributed by atoms with Crippen molar-refractivity contribution in [3.8, 4) is 0 Å². The normalized spacial score (nSPS) is 10.9. The summed E-state index contributed by atoms with van der Waals surface area (Å²) >= 11 is 0. The summed E-state index contributed by atoms with van der Waals surface area (Å²) < 4.78 is 13.2. The number of guanidine groups is 1. The number of hydrogen-bond acceptors (Lipinski definition) is 2. The van der Waals surface area contributed by atoms with E-state index < -0.39 is 0 Å². The molecule has 0 aliphatic carbocycles. The highest BCUT2D eigenvalue weighted by molar-refractivity contribution is 14.0. The number of rotatable bonds is 4. The largest absolute Gasteiger partial charge is 0.351 e. The highest BCUT2D eigenvalue weighted by Crippen LogP contribution is 2.06. The number of aliphatic imine (C=N–C) groups is 1. The van der Waals surface area contributed by atoms with Gasteiger partial charge in [-0.1, -0.05) is 12.1 Å². The molecule has 0 bridgehead atoms. The molecule has 2 N–H and O–H groups in total. The molecule has 0 amide bonds. The average Bonchev–Trinajstić information content (AvgIpc) is 2.92. The predicted molar refractivity (Wildman–Crippen MR) is 92.1 cm³/mol. The quantitative estimate of drug-likeness (QED) is 0.468. The van der Waals surface area contributed by atoms with E-state index >= 15 is 0 Å². The van der Waals surface area contributed by atoms with Crippen LogP contribution < -0.4 is 5.32 Å². The Labute approximate surface area is 140 Å². The van der Waals surface area contributed by atoms with Gasteiger partial charge in [0.2, 0.25) is 0 Å². The van der Waals surface area contributed by atoms with Crippen molar-refractivity contribution >= 4 is 29.9 Å². The summed E-state index contributed by atoms with van der Waals surface area (Å²) in [7, 11) is 3.63. The summed E-state index contributed by atoms with van der Waals surface area (Å²) in [5.74, 6) is 0.514. The third-order valence-corrected chi connectivity index (χ3v) is 2.88. The van der Waals surface area contributed by atoms with Gasteiger partial charge < -0.3 is 10.2 Å². The maximum atomic E-state index is 13.2. The Bertz CT molecular complexity index is 571. The Morgan fingerprint density at radius 3 is 2.86 bits per heavy atom. The summed E-state index contributed by atoms with van der Waals surface area (Å²) in [6.45, 7) is 1.20. The first-order valence-corrected chi connectivity index (χ1v) is 6.33. The fraction of sp³-hybridized carbons (Fsp3) is 0.286. The summed E-state index contributed by atoms with van der Waals surface area (Å²) in [5.41, 5.74) is 1.88. The lowest BCUT2D eigenvalue weighted by Gasteiger charge is -2.22. The molecule has 1 aromatic carbocycles. The summed E-state index contributed by atoms with van der Waals surface area (Å²) in [4.78, 5) is 6.15. The molecule has 0 fully saturated rings. The van der Waals surface area contributed by atoms with Gasteiger partial charge in [0, 0.05) is 26.8 Å². The minimum atomic E-state index is -0.226. The van der Waals surface area contributed by atoms with E-state index in [-0.39, 0.29) is 29.8 Å². The highest BCUT2D eigenvalue weighted by Gasteiger charge is 2.07. The van der Waals surface area contributed by atoms with Crippen molar-refractivity contribution in [1.29, 1.82) is 0 Å². The maximum absolute atomic E-state index is 13.2. The minimum absolute atomic E-state index is 0. The van der Waals surface area contributed by atoms with Crippen LogP contribution in [0.4, 0.5) is 4.39 Å². The Kier molecular flexibility index (Phi) is 7.13. The van der Waals surface area contributed by atoms with E-state index in [1.54, 1.807) is 19.3 Å². The summed E-state index contributed by atoms with van der Waals surface area (Å²) in [6.07, 6.45) is 1.70. The van der Waals surface area contributed by atoms with Crippen LogP contribution in [-0.4, -0.2) is 35.2 Å². The van der Waals surface area contributed by atoms with E-state index in [1.165, 1.54) is 12.1 Å². The molecule has 0 saturated carbocycles. The van der Waals surface area contributed by atoms with Gasteiger partial charge in [-0.3, -0.25) is 10.1 Å². The van der Waals surface area contributed by atoms with Crippen LogP contribution in [0, 0.1) is 5.82 Å². The number of hydrogen-bond donors (Lipinski definition) is 2. The third kappa shape index (κ3) is 5.33. The van der Waals surface area contributed by atoms with Crippen molar-refractivity contribution in [2.75, 3.05) is 14.1 Å². The van der Waals surface area contributed by atoms with Crippen LogP contribution in [0.25, 0.3) is 0 Å². The van der Waals surface area contributed by atoms with Crippen LogP contribution in [0.15, 0.2) is 41.5 Å². The smallest absolute Gasteiger partial charge is 0.194 e. The number of H-pyrrole nitrogens is 1. The molecule has 0 radical (unpaired) electrons. The zero-order chi connectivity index (χ0) is 14.4. The molecular weight excluding hydrogens is 384 g/mol. The number of aromatic amines is 1. The van der Waals surface area contributed by atoms with Crippen molar-refractivity contribution in [2.24, 2.45) is 4.99 Å². The van der Waals surface area contributed by atoms with Crippen LogP contribution in [-0.2, 0) is 13.1 Å². The van der Waals surface area contributed by atoms with E-state index in [9.17, 15) is 4.39 Å². The second kappa shape index (κ2) is 8.60. The van der Waals surface area contributed by atoms with Gasteiger partial charge in [-0.05, 0) is 23.8 Å². The predicted octanol–water partition coefficient (Wildman–Crippen LogP) is 2.37. The van der Waals surface area contributed by atoms with E-state index in [0.29, 0.717) is 13.1 Å². The average molecular weight is 403 g/mol. The number of halogens is 2. The molecule has 0 atom stereocenters. The van der Waals surface area contributed by atoms with E-state index in [4.69, 9.17) is 0 Å². The second-order valence-electron chi connectivity index (χ2n) is 4.47. The molecule has 114 valence electrons. The third-order valence-electron chi connectivity index (χ3n) is 2.88. The van der Waals surface area contributed by atoms with Gasteiger partial charge in [0.15, 0.2) is 5.96 Å². The van der Waals surface area contributed by atoms with Crippen molar-refractivity contribution in [2.45, 2.75) is 13.1 Å². The first-order valence-electron chi connectivity index (χ1n) is 6.33. The van der Waals surface area contributed by atoms with Crippen molar-refractivity contribution in [3.05, 3.63) is 53.6 Å². The minimum Gasteiger partial charge on any atom is -0.351 e. The fourth-order valence-corrected chi connectivity index (χ4v) is 1.93. The molecule has 0 unspecified atom stereocenters. The zero-order valence-electron chi connectivity index (χ0n) is 12.0. The molecule has 5 nitrogen and oxygen atoms in total. The Balaban J connectivity index is 0.00000220. The lowest BCUT2D eigenvalue weighted by molar-refractivity contribution is 0.474. The molecule has 1 aromatic heterocycles. The Morgan fingerprint density at radius 2 is 2.24 bits per heavy atom. The zero-order valence-corrected chi connectivity index (χ0v) is 14.3. The molecule has 0 aliphatic heterocycles. The standard InChI is InChI=1S/C14H18FN5.HI/c1-16-14(17-9-13-6-7-18-19-13)20(2)10-11-4-3-5-12(15)8-11;/h3-8H,9-10H2,1-2H3,(H,16,17)(H,18,19);1H. The van der Waals surface area contributed by atoms with Gasteiger partial charge in [0.1, 0.15) is 5.82 Å². The molecule has 2 aromatic rings. The molecule has 21 heavy (non-hydrogen) atoms. The van der Waals surface area contributed by atoms with Gasteiger partial charge in [0.25, 0.3) is 0 Å². The Morgan fingerprint density at radius 1 is 1.43 bits per heavy atom. The second-order valence-corrected chi connectivity index (χ2v) is 4.47. The number of benzene rings is 1. The van der Waals surface area contributed by atoms with Crippen molar-refractivity contribution in [1.82, 2.24) is 20.4 Å². The topological polar surface area (TPSA) is 56.3 Å². The number of nitrogens with one attached hydrogen (secondary N) is 2. The monoisotopic (exact) mass is 403 g/mol. The van der Waals surface area contributed by atoms with Gasteiger partial charge in [0.05, 0.1) is 12.2 Å². The van der Waals surface area contributed by atoms with Gasteiger partial charge in [-0.15, -0.1) is 24.0 Å². The van der Waals surface area contributed by atoms with E-state index in [0.717, 1.165) is 17.2 Å². The van der Waals surface area contributed by atoms with Crippen LogP contribution in [0.5, 0.6) is 0 Å². The van der Waals surface area contributed by atoms with Crippen LogP contribution in [0.1, 0.15) is 11.3 Å². The van der Waals surface area contributed by atoms with Gasteiger partial charge in [-0.2, -0.15) is 5.10 Å². The SMILES string of the molecule is CN=C(NCc1ccn[nH]1)N(C)Cc1cccc(F)c1.I. The lowest BCUT2D eigenvalue weighted by Crippen LogP contribution is -2.38. The first-order chi connectivity index (χ1) is 9.69. The van der Waals surface area contributed by atoms with Crippen molar-refractivity contribution in [3.63, 3.8) is 0 Å². The molecule has 1 heterocycles. The molecule has 0 spiro atoms. The van der Waals surface area contributed by atoms with Crippen LogP contribution >= 0.6 is 24.0 Å². The molecular formula is C14H19FIN5. The van der Waals surface area contributed by atoms with E-state index in [1.807, 2.05) is 24.1 Å².